The predicted octanol–water partition coefficient (Wildman–Crippen LogP) is 1.21. The van der Waals surface area contributed by atoms with Crippen LogP contribution in [0.3, 0.4) is 0 Å². The van der Waals surface area contributed by atoms with Gasteiger partial charge in [-0.25, -0.2) is 0 Å². The van der Waals surface area contributed by atoms with Gasteiger partial charge in [0.05, 0.1) is 18.2 Å². The molecule has 174 valence electrons. The van der Waals surface area contributed by atoms with Crippen LogP contribution in [-0.4, -0.2) is 80.5 Å². The van der Waals surface area contributed by atoms with E-state index in [0.29, 0.717) is 6.54 Å². The molecule has 3 heterocycles. The number of nitrogens with one attached hydrogen (secondary N) is 1. The lowest BCUT2D eigenvalue weighted by atomic mass is 9.65. The lowest BCUT2D eigenvalue weighted by Gasteiger charge is -2.55. The van der Waals surface area contributed by atoms with Gasteiger partial charge in [0, 0.05) is 51.0 Å². The summed E-state index contributed by atoms with van der Waals surface area (Å²) in [4.78, 5) is 45.2. The van der Waals surface area contributed by atoms with E-state index in [0.717, 1.165) is 43.1 Å². The van der Waals surface area contributed by atoms with E-state index in [4.69, 9.17) is 4.74 Å². The first-order chi connectivity index (χ1) is 15.1. The summed E-state index contributed by atoms with van der Waals surface area (Å²) >= 11 is 0. The van der Waals surface area contributed by atoms with Gasteiger partial charge >= 0.3 is 0 Å². The third kappa shape index (κ3) is 3.79. The molecular weight excluding hydrogens is 408 g/mol. The highest BCUT2D eigenvalue weighted by Crippen LogP contribution is 2.47. The summed E-state index contributed by atoms with van der Waals surface area (Å²) in [6.07, 6.45) is -0.127. The highest BCUT2D eigenvalue weighted by atomic mass is 16.5. The van der Waals surface area contributed by atoms with Crippen molar-refractivity contribution in [1.29, 1.82) is 0 Å². The van der Waals surface area contributed by atoms with Crippen LogP contribution in [0.15, 0.2) is 18.2 Å². The quantitative estimate of drug-likeness (QED) is 0.705. The molecule has 0 radical (unpaired) electrons. The molecule has 8 heteroatoms. The van der Waals surface area contributed by atoms with Crippen LogP contribution in [0.2, 0.25) is 0 Å². The van der Waals surface area contributed by atoms with Crippen LogP contribution >= 0.6 is 0 Å². The number of hydrogen-bond donors (Lipinski definition) is 1. The van der Waals surface area contributed by atoms with E-state index >= 15 is 0 Å². The van der Waals surface area contributed by atoms with Crippen molar-refractivity contribution in [3.8, 4) is 0 Å². The van der Waals surface area contributed by atoms with Gasteiger partial charge in [0.15, 0.2) is 0 Å². The van der Waals surface area contributed by atoms with Crippen LogP contribution in [0.25, 0.3) is 0 Å². The van der Waals surface area contributed by atoms with Crippen molar-refractivity contribution in [1.82, 2.24) is 10.2 Å². The number of likely N-dealkylation sites (N-methyl/N-ethyl adjacent to an activating group) is 1. The minimum absolute atomic E-state index is 0.0370. The SMILES string of the molecule is CC(=O)NC(=O)[C@]1(C(C)=O)Cc2cc(N3CCN(C)CC3)ccc2N2C[C@@H](C)O[C@@H](C)[C@@H]21. The molecule has 3 aliphatic rings. The van der Waals surface area contributed by atoms with E-state index in [2.05, 4.69) is 45.3 Å². The Labute approximate surface area is 189 Å². The number of amides is 2. The summed E-state index contributed by atoms with van der Waals surface area (Å²) in [6.45, 7) is 11.1. The van der Waals surface area contributed by atoms with E-state index in [-0.39, 0.29) is 24.4 Å². The number of morpholine rings is 1. The monoisotopic (exact) mass is 442 g/mol. The van der Waals surface area contributed by atoms with Crippen LogP contribution in [-0.2, 0) is 25.5 Å². The minimum Gasteiger partial charge on any atom is -0.372 e. The smallest absolute Gasteiger partial charge is 0.242 e. The van der Waals surface area contributed by atoms with Crippen molar-refractivity contribution < 1.29 is 19.1 Å². The fourth-order valence-electron chi connectivity index (χ4n) is 5.68. The van der Waals surface area contributed by atoms with Gasteiger partial charge in [-0.15, -0.1) is 0 Å². The van der Waals surface area contributed by atoms with Gasteiger partial charge in [0.25, 0.3) is 0 Å². The maximum absolute atomic E-state index is 13.4. The second-order valence-corrected chi connectivity index (χ2v) is 9.57. The summed E-state index contributed by atoms with van der Waals surface area (Å²) in [7, 11) is 2.12. The van der Waals surface area contributed by atoms with E-state index in [1.54, 1.807) is 0 Å². The minimum atomic E-state index is -1.39. The van der Waals surface area contributed by atoms with Crippen LogP contribution < -0.4 is 15.1 Å². The number of carbonyl (C=O) groups is 3. The molecule has 2 fully saturated rings. The zero-order valence-corrected chi connectivity index (χ0v) is 19.7. The molecule has 1 aromatic carbocycles. The summed E-state index contributed by atoms with van der Waals surface area (Å²) in [5.41, 5.74) is 1.73. The van der Waals surface area contributed by atoms with Gasteiger partial charge in [-0.05, 0) is 58.0 Å². The summed E-state index contributed by atoms with van der Waals surface area (Å²) in [5, 5.41) is 2.42. The lowest BCUT2D eigenvalue weighted by molar-refractivity contribution is -0.151. The Kier molecular flexibility index (Phi) is 6.02. The number of anilines is 2. The first-order valence-electron chi connectivity index (χ1n) is 11.4. The number of ketones is 1. The number of benzene rings is 1. The number of imide groups is 1. The van der Waals surface area contributed by atoms with Gasteiger partial charge in [-0.2, -0.15) is 0 Å². The van der Waals surface area contributed by atoms with Gasteiger partial charge in [0.2, 0.25) is 11.8 Å². The zero-order valence-electron chi connectivity index (χ0n) is 19.7. The molecule has 0 unspecified atom stereocenters. The second-order valence-electron chi connectivity index (χ2n) is 9.57. The fourth-order valence-corrected chi connectivity index (χ4v) is 5.68. The molecule has 2 amide bonds. The van der Waals surface area contributed by atoms with Crippen molar-refractivity contribution in [3.63, 3.8) is 0 Å². The number of ether oxygens (including phenoxy) is 1. The molecule has 0 aliphatic carbocycles. The van der Waals surface area contributed by atoms with Crippen molar-refractivity contribution >= 4 is 29.0 Å². The summed E-state index contributed by atoms with van der Waals surface area (Å²) in [5.74, 6) is -1.24. The van der Waals surface area contributed by atoms with Gasteiger partial charge in [-0.1, -0.05) is 0 Å². The van der Waals surface area contributed by atoms with Crippen molar-refractivity contribution in [3.05, 3.63) is 23.8 Å². The second kappa shape index (κ2) is 8.48. The van der Waals surface area contributed by atoms with Gasteiger partial charge in [-0.3, -0.25) is 19.7 Å². The number of rotatable bonds is 3. The molecule has 2 saturated heterocycles. The normalized spacial score (nSPS) is 30.3. The van der Waals surface area contributed by atoms with Gasteiger partial charge in [0.1, 0.15) is 11.2 Å². The fraction of sp³-hybridized carbons (Fsp3) is 0.625. The maximum atomic E-state index is 13.4. The third-order valence-electron chi connectivity index (χ3n) is 7.22. The topological polar surface area (TPSA) is 82.2 Å². The van der Waals surface area contributed by atoms with Gasteiger partial charge < -0.3 is 19.4 Å². The predicted molar refractivity (Wildman–Crippen MR) is 123 cm³/mol. The Bertz CT molecular complexity index is 927. The highest BCUT2D eigenvalue weighted by Gasteiger charge is 2.59. The Hall–Kier alpha value is -2.45. The van der Waals surface area contributed by atoms with Crippen molar-refractivity contribution in [2.75, 3.05) is 49.6 Å². The number of nitrogens with zero attached hydrogens (tertiary/aromatic N) is 3. The van der Waals surface area contributed by atoms with Crippen LogP contribution in [0.4, 0.5) is 11.4 Å². The third-order valence-corrected chi connectivity index (χ3v) is 7.22. The molecule has 0 aromatic heterocycles. The van der Waals surface area contributed by atoms with Crippen molar-refractivity contribution in [2.24, 2.45) is 5.41 Å². The van der Waals surface area contributed by atoms with E-state index in [1.807, 2.05) is 13.8 Å². The molecule has 4 atom stereocenters. The zero-order chi connectivity index (χ0) is 23.2. The Balaban J connectivity index is 1.80. The molecular formula is C24H34N4O4. The first kappa shape index (κ1) is 22.7. The number of Topliss-reactive ketones (excluding diaryl/α,β-unsaturated/α-hetero) is 1. The van der Waals surface area contributed by atoms with Crippen LogP contribution in [0.1, 0.15) is 33.3 Å². The Morgan fingerprint density at radius 3 is 2.41 bits per heavy atom. The molecule has 1 aromatic rings. The molecule has 4 rings (SSSR count). The molecule has 1 N–H and O–H groups in total. The number of piperazine rings is 1. The van der Waals surface area contributed by atoms with E-state index < -0.39 is 23.3 Å². The highest BCUT2D eigenvalue weighted by molar-refractivity contribution is 6.11. The number of fused-ring (bicyclic) bond motifs is 3. The summed E-state index contributed by atoms with van der Waals surface area (Å²) < 4.78 is 6.09. The maximum Gasteiger partial charge on any atom is 0.242 e. The first-order valence-corrected chi connectivity index (χ1v) is 11.4. The average Bonchev–Trinajstić information content (AvgIpc) is 2.72. The standard InChI is InChI=1S/C24H34N4O4/c1-15-14-28-21-7-6-20(27-10-8-26(5)9-11-27)12-19(21)13-24(17(3)29,22(28)16(2)32-15)23(31)25-18(4)30/h6-7,12,15-16,22H,8-11,13-14H2,1-5H3,(H,25,30,31)/t15-,16+,22-,24+/m1/s1. The molecule has 3 aliphatic heterocycles. The van der Waals surface area contributed by atoms with E-state index in [1.165, 1.54) is 13.8 Å². The summed E-state index contributed by atoms with van der Waals surface area (Å²) in [6, 6.07) is 5.91. The van der Waals surface area contributed by atoms with Crippen LogP contribution in [0, 0.1) is 5.41 Å². The number of hydrogen-bond acceptors (Lipinski definition) is 7. The Morgan fingerprint density at radius 2 is 1.78 bits per heavy atom. The molecule has 0 saturated carbocycles. The Morgan fingerprint density at radius 1 is 1.09 bits per heavy atom. The number of carbonyl (C=O) groups excluding carboxylic acids is 3. The van der Waals surface area contributed by atoms with E-state index in [9.17, 15) is 14.4 Å². The lowest BCUT2D eigenvalue weighted by Crippen LogP contribution is -2.69. The molecule has 0 bridgehead atoms. The molecule has 32 heavy (non-hydrogen) atoms. The molecule has 8 nitrogen and oxygen atoms in total. The average molecular weight is 443 g/mol. The van der Waals surface area contributed by atoms with Crippen LogP contribution in [0.5, 0.6) is 0 Å². The largest absolute Gasteiger partial charge is 0.372 e. The van der Waals surface area contributed by atoms with Crippen molar-refractivity contribution in [2.45, 2.75) is 52.4 Å². The molecule has 0 spiro atoms.